The molecule has 0 saturated heterocycles. The first-order chi connectivity index (χ1) is 21.1. The average Bonchev–Trinajstić information content (AvgIpc) is 3.06. The zero-order chi connectivity index (χ0) is 29.6. The zero-order valence-corrected chi connectivity index (χ0v) is 24.5. The summed E-state index contributed by atoms with van der Waals surface area (Å²) in [5.41, 5.74) is 7.29. The van der Waals surface area contributed by atoms with Crippen LogP contribution in [0.15, 0.2) is 91.3 Å². The summed E-state index contributed by atoms with van der Waals surface area (Å²) in [5.74, 6) is 2.23. The van der Waals surface area contributed by atoms with E-state index in [0.29, 0.717) is 18.7 Å². The monoisotopic (exact) mass is 573 g/mol. The van der Waals surface area contributed by atoms with Crippen molar-refractivity contribution >= 4 is 22.6 Å². The second-order valence-corrected chi connectivity index (χ2v) is 10.6. The predicted octanol–water partition coefficient (Wildman–Crippen LogP) is 5.71. The molecular weight excluding hydrogens is 538 g/mol. The van der Waals surface area contributed by atoms with Gasteiger partial charge in [-0.1, -0.05) is 48.5 Å². The summed E-state index contributed by atoms with van der Waals surface area (Å²) in [7, 11) is 3.32. The molecule has 0 aliphatic carbocycles. The van der Waals surface area contributed by atoms with E-state index in [1.165, 1.54) is 16.7 Å². The van der Waals surface area contributed by atoms with Crippen molar-refractivity contribution < 1.29 is 14.3 Å². The Hall–Kier alpha value is -4.95. The third-order valence-corrected chi connectivity index (χ3v) is 7.93. The van der Waals surface area contributed by atoms with Crippen molar-refractivity contribution in [3.8, 4) is 22.6 Å². The molecule has 43 heavy (non-hydrogen) atoms. The molecule has 1 aliphatic heterocycles. The molecule has 2 N–H and O–H groups in total. The first-order valence-corrected chi connectivity index (χ1v) is 14.5. The number of fused-ring (bicyclic) bond motifs is 2. The van der Waals surface area contributed by atoms with Gasteiger partial charge in [0, 0.05) is 43.7 Å². The van der Waals surface area contributed by atoms with Gasteiger partial charge < -0.3 is 20.1 Å². The van der Waals surface area contributed by atoms with Crippen LogP contribution in [0.25, 0.3) is 22.0 Å². The van der Waals surface area contributed by atoms with E-state index in [1.54, 1.807) is 20.5 Å². The van der Waals surface area contributed by atoms with Crippen LogP contribution in [-0.2, 0) is 19.5 Å². The fraction of sp³-hybridized carbons (Fsp3) is 0.229. The molecule has 0 unspecified atom stereocenters. The van der Waals surface area contributed by atoms with Crippen LogP contribution in [-0.4, -0.2) is 54.6 Å². The molecule has 0 spiro atoms. The van der Waals surface area contributed by atoms with Crippen molar-refractivity contribution in [3.05, 3.63) is 114 Å². The van der Waals surface area contributed by atoms with E-state index >= 15 is 0 Å². The van der Waals surface area contributed by atoms with Crippen LogP contribution in [0, 0.1) is 0 Å². The quantitative estimate of drug-likeness (QED) is 0.221. The molecule has 0 radical (unpaired) electrons. The van der Waals surface area contributed by atoms with Gasteiger partial charge in [0.05, 0.1) is 19.7 Å². The van der Waals surface area contributed by atoms with E-state index in [4.69, 9.17) is 9.47 Å². The van der Waals surface area contributed by atoms with Crippen LogP contribution in [0.2, 0.25) is 0 Å². The molecule has 0 saturated carbocycles. The molecule has 0 atom stereocenters. The fourth-order valence-corrected chi connectivity index (χ4v) is 5.53. The van der Waals surface area contributed by atoms with Crippen molar-refractivity contribution in [3.63, 3.8) is 0 Å². The van der Waals surface area contributed by atoms with E-state index < -0.39 is 0 Å². The Balaban J connectivity index is 1.06. The van der Waals surface area contributed by atoms with Gasteiger partial charge in [-0.2, -0.15) is 0 Å². The van der Waals surface area contributed by atoms with E-state index in [2.05, 4.69) is 55.8 Å². The maximum atomic E-state index is 12.9. The van der Waals surface area contributed by atoms with Crippen LogP contribution in [0.5, 0.6) is 11.5 Å². The van der Waals surface area contributed by atoms with Gasteiger partial charge in [0.1, 0.15) is 12.1 Å². The van der Waals surface area contributed by atoms with E-state index in [1.807, 2.05) is 54.6 Å². The predicted molar refractivity (Wildman–Crippen MR) is 170 cm³/mol. The fourth-order valence-electron chi connectivity index (χ4n) is 5.53. The van der Waals surface area contributed by atoms with Crippen molar-refractivity contribution in [2.45, 2.75) is 19.5 Å². The molecule has 0 fully saturated rings. The Kier molecular flexibility index (Phi) is 8.47. The summed E-state index contributed by atoms with van der Waals surface area (Å²) in [6.07, 6.45) is 2.53. The number of nitrogens with zero attached hydrogens (tertiary/aromatic N) is 3. The van der Waals surface area contributed by atoms with Crippen LogP contribution in [0.4, 0.5) is 5.82 Å². The highest BCUT2D eigenvalue weighted by molar-refractivity contribution is 5.95. The minimum atomic E-state index is -0.0744. The Bertz CT molecular complexity index is 1720. The van der Waals surface area contributed by atoms with Crippen molar-refractivity contribution in [1.82, 2.24) is 20.2 Å². The number of hydrogen-bond acceptors (Lipinski definition) is 7. The molecule has 218 valence electrons. The van der Waals surface area contributed by atoms with Crippen LogP contribution < -0.4 is 20.1 Å². The number of nitrogens with one attached hydrogen (secondary N) is 2. The lowest BCUT2D eigenvalue weighted by molar-refractivity contribution is 0.0947. The van der Waals surface area contributed by atoms with Crippen molar-refractivity contribution in [2.24, 2.45) is 0 Å². The van der Waals surface area contributed by atoms with E-state index in [-0.39, 0.29) is 5.91 Å². The second-order valence-electron chi connectivity index (χ2n) is 10.6. The molecule has 1 amide bonds. The van der Waals surface area contributed by atoms with Gasteiger partial charge in [-0.3, -0.25) is 9.69 Å². The summed E-state index contributed by atoms with van der Waals surface area (Å²) >= 11 is 0. The molecule has 1 aliphatic rings. The first-order valence-electron chi connectivity index (χ1n) is 14.5. The number of carbonyl (C=O) groups excluding carboxylic acids is 1. The van der Waals surface area contributed by atoms with Crippen LogP contribution in [0.3, 0.4) is 0 Å². The molecule has 5 aromatic rings. The molecule has 6 rings (SSSR count). The number of hydrogen-bond donors (Lipinski definition) is 2. The zero-order valence-electron chi connectivity index (χ0n) is 24.5. The maximum Gasteiger partial charge on any atom is 0.251 e. The number of ether oxygens (including phenoxy) is 2. The highest BCUT2D eigenvalue weighted by Gasteiger charge is 2.19. The number of methoxy groups -OCH3 is 2. The molecule has 8 nitrogen and oxygen atoms in total. The Morgan fingerprint density at radius 2 is 1.60 bits per heavy atom. The topological polar surface area (TPSA) is 88.6 Å². The van der Waals surface area contributed by atoms with E-state index in [9.17, 15) is 4.79 Å². The number of aromatic nitrogens is 2. The largest absolute Gasteiger partial charge is 0.493 e. The molecule has 0 bridgehead atoms. The number of rotatable bonds is 10. The lowest BCUT2D eigenvalue weighted by Gasteiger charge is -2.29. The average molecular weight is 574 g/mol. The van der Waals surface area contributed by atoms with Gasteiger partial charge >= 0.3 is 0 Å². The standard InChI is InChI=1S/C35H35N5O3/c1-42-32-19-28-14-16-40(22-29(28)20-33(32)43-2)17-15-36-35(41)26-10-8-25(9-11-26)27-12-13-31-30(18-27)34(39-23-38-31)37-21-24-6-4-3-5-7-24/h3-13,18-20,23H,14-17,21-22H2,1-2H3,(H,36,41)(H,37,38,39). The number of carbonyl (C=O) groups is 1. The Morgan fingerprint density at radius 3 is 2.37 bits per heavy atom. The number of benzene rings is 4. The van der Waals surface area contributed by atoms with Gasteiger partial charge in [-0.05, 0) is 70.6 Å². The van der Waals surface area contributed by atoms with Crippen LogP contribution in [0.1, 0.15) is 27.0 Å². The second kappa shape index (κ2) is 12.9. The summed E-state index contributed by atoms with van der Waals surface area (Å²) in [6.45, 7) is 3.79. The maximum absolute atomic E-state index is 12.9. The van der Waals surface area contributed by atoms with E-state index in [0.717, 1.165) is 65.4 Å². The normalized spacial score (nSPS) is 12.9. The molecule has 8 heteroatoms. The molecule has 4 aromatic carbocycles. The Morgan fingerprint density at radius 1 is 0.860 bits per heavy atom. The third kappa shape index (κ3) is 6.44. The van der Waals surface area contributed by atoms with Crippen LogP contribution >= 0.6 is 0 Å². The number of anilines is 1. The smallest absolute Gasteiger partial charge is 0.251 e. The minimum absolute atomic E-state index is 0.0744. The summed E-state index contributed by atoms with van der Waals surface area (Å²) in [6, 6.07) is 28.3. The van der Waals surface area contributed by atoms with Gasteiger partial charge in [-0.25, -0.2) is 9.97 Å². The highest BCUT2D eigenvalue weighted by atomic mass is 16.5. The third-order valence-electron chi connectivity index (χ3n) is 7.93. The molecular formula is C35H35N5O3. The van der Waals surface area contributed by atoms with Gasteiger partial charge in [0.25, 0.3) is 5.91 Å². The Labute approximate surface area is 251 Å². The number of amides is 1. The summed E-state index contributed by atoms with van der Waals surface area (Å²) in [5, 5.41) is 7.48. The van der Waals surface area contributed by atoms with Gasteiger partial charge in [0.2, 0.25) is 0 Å². The minimum Gasteiger partial charge on any atom is -0.493 e. The highest BCUT2D eigenvalue weighted by Crippen LogP contribution is 2.33. The van der Waals surface area contributed by atoms with Crippen molar-refractivity contribution in [1.29, 1.82) is 0 Å². The van der Waals surface area contributed by atoms with Gasteiger partial charge in [-0.15, -0.1) is 0 Å². The van der Waals surface area contributed by atoms with Gasteiger partial charge in [0.15, 0.2) is 11.5 Å². The molecule has 1 aromatic heterocycles. The lowest BCUT2D eigenvalue weighted by atomic mass is 9.99. The summed E-state index contributed by atoms with van der Waals surface area (Å²) in [4.78, 5) is 24.2. The lowest BCUT2D eigenvalue weighted by Crippen LogP contribution is -2.37. The molecule has 2 heterocycles. The first kappa shape index (κ1) is 28.2. The summed E-state index contributed by atoms with van der Waals surface area (Å²) < 4.78 is 10.9. The SMILES string of the molecule is COc1cc2c(cc1OC)CN(CCNC(=O)c1ccc(-c3ccc4ncnc(NCc5ccccc5)c4c3)cc1)CC2. The van der Waals surface area contributed by atoms with Crippen molar-refractivity contribution in [2.75, 3.05) is 39.2 Å².